The van der Waals surface area contributed by atoms with Crippen LogP contribution in [0.2, 0.25) is 0 Å². The topological polar surface area (TPSA) is 85.8 Å². The van der Waals surface area contributed by atoms with Crippen LogP contribution in [0.1, 0.15) is 0 Å². The molecule has 2 heterocycles. The lowest BCUT2D eigenvalue weighted by Gasteiger charge is -1.96. The molecule has 12 heavy (non-hydrogen) atoms. The molecule has 2 aliphatic rings. The van der Waals surface area contributed by atoms with Crippen LogP contribution < -0.4 is 0 Å². The minimum Gasteiger partial charge on any atom is -0.394 e. The molecule has 0 amide bonds. The van der Waals surface area contributed by atoms with Gasteiger partial charge in [0.05, 0.1) is 39.6 Å². The van der Waals surface area contributed by atoms with Crippen molar-refractivity contribution in [1.29, 1.82) is 0 Å². The molecule has 0 atom stereocenters. The number of rotatable bonds is 2. The highest BCUT2D eigenvalue weighted by molar-refractivity contribution is 4.44. The molecule has 3 N–H and O–H groups in total. The number of aliphatic hydroxyl groups is 3. The minimum atomic E-state index is -0.954. The molecule has 0 bridgehead atoms. The van der Waals surface area contributed by atoms with E-state index in [0.29, 0.717) is 0 Å². The van der Waals surface area contributed by atoms with Crippen molar-refractivity contribution in [3.05, 3.63) is 0 Å². The SMILES string of the molecule is C1CO1.C1CO1.OCC(O)CO. The number of hydrogen-bond donors (Lipinski definition) is 3. The molecule has 0 aliphatic carbocycles. The van der Waals surface area contributed by atoms with Crippen LogP contribution in [0.25, 0.3) is 0 Å². The summed E-state index contributed by atoms with van der Waals surface area (Å²) in [6, 6.07) is 0. The second kappa shape index (κ2) is 8.89. The summed E-state index contributed by atoms with van der Waals surface area (Å²) in [5, 5.41) is 24.0. The van der Waals surface area contributed by atoms with Gasteiger partial charge in [-0.25, -0.2) is 0 Å². The Hall–Kier alpha value is -0.200. The summed E-state index contributed by atoms with van der Waals surface area (Å²) in [7, 11) is 0. The Morgan fingerprint density at radius 1 is 0.917 bits per heavy atom. The highest BCUT2D eigenvalue weighted by atomic mass is 16.6. The van der Waals surface area contributed by atoms with Crippen molar-refractivity contribution in [2.45, 2.75) is 6.10 Å². The molecule has 0 saturated carbocycles. The molecule has 2 saturated heterocycles. The van der Waals surface area contributed by atoms with Crippen molar-refractivity contribution in [2.75, 3.05) is 39.6 Å². The number of hydrogen-bond acceptors (Lipinski definition) is 5. The molecule has 5 heteroatoms. The number of ether oxygens (including phenoxy) is 2. The highest BCUT2D eigenvalue weighted by Gasteiger charge is 1.94. The first kappa shape index (κ1) is 11.8. The average molecular weight is 180 g/mol. The fourth-order valence-electron chi connectivity index (χ4n) is 0.0577. The van der Waals surface area contributed by atoms with E-state index in [1.165, 1.54) is 0 Å². The monoisotopic (exact) mass is 180 g/mol. The lowest BCUT2D eigenvalue weighted by molar-refractivity contribution is 0.0450. The van der Waals surface area contributed by atoms with Gasteiger partial charge in [0.2, 0.25) is 0 Å². The van der Waals surface area contributed by atoms with Gasteiger partial charge in [0.1, 0.15) is 6.10 Å². The maximum atomic E-state index is 8.17. The summed E-state index contributed by atoms with van der Waals surface area (Å²) in [6.45, 7) is 3.27. The molecule has 2 rings (SSSR count). The Labute approximate surface area is 71.5 Å². The third kappa shape index (κ3) is 22.6. The van der Waals surface area contributed by atoms with E-state index < -0.39 is 6.10 Å². The predicted molar refractivity (Wildman–Crippen MR) is 41.8 cm³/mol. The van der Waals surface area contributed by atoms with E-state index in [1.54, 1.807) is 0 Å². The van der Waals surface area contributed by atoms with Crippen LogP contribution in [0.5, 0.6) is 0 Å². The van der Waals surface area contributed by atoms with Crippen LogP contribution in [-0.4, -0.2) is 61.1 Å². The molecule has 5 nitrogen and oxygen atoms in total. The summed E-state index contributed by atoms with van der Waals surface area (Å²) in [5.74, 6) is 0. The van der Waals surface area contributed by atoms with Crippen molar-refractivity contribution in [3.63, 3.8) is 0 Å². The molecule has 74 valence electrons. The van der Waals surface area contributed by atoms with Gasteiger partial charge in [-0.3, -0.25) is 0 Å². The Balaban J connectivity index is 0.000000165. The average Bonchev–Trinajstić information content (AvgIpc) is 2.99. The molecule has 0 radical (unpaired) electrons. The second-order valence-electron chi connectivity index (χ2n) is 2.24. The fraction of sp³-hybridized carbons (Fsp3) is 1.00. The first-order chi connectivity index (χ1) is 5.81. The lowest BCUT2D eigenvalue weighted by Crippen LogP contribution is -2.15. The van der Waals surface area contributed by atoms with Crippen molar-refractivity contribution < 1.29 is 24.8 Å². The Kier molecular flexibility index (Phi) is 8.74. The summed E-state index contributed by atoms with van der Waals surface area (Å²) < 4.78 is 9.00. The molecular weight excluding hydrogens is 164 g/mol. The standard InChI is InChI=1S/C3H8O3.2C2H4O/c4-1-3(6)2-5;2*1-2-3-1/h3-6H,1-2H2;2*1-2H2. The van der Waals surface area contributed by atoms with E-state index in [2.05, 4.69) is 9.47 Å². The normalized spacial score (nSPS) is 17.0. The van der Waals surface area contributed by atoms with Gasteiger partial charge in [-0.15, -0.1) is 0 Å². The Morgan fingerprint density at radius 2 is 1.17 bits per heavy atom. The van der Waals surface area contributed by atoms with Crippen molar-refractivity contribution in [1.82, 2.24) is 0 Å². The van der Waals surface area contributed by atoms with Gasteiger partial charge in [0, 0.05) is 0 Å². The summed E-state index contributed by atoms with van der Waals surface area (Å²) in [4.78, 5) is 0. The molecule has 0 aromatic carbocycles. The zero-order valence-corrected chi connectivity index (χ0v) is 6.98. The maximum absolute atomic E-state index is 8.17. The smallest absolute Gasteiger partial charge is 0.100 e. The number of epoxide rings is 2. The van der Waals surface area contributed by atoms with Crippen LogP contribution >= 0.6 is 0 Å². The van der Waals surface area contributed by atoms with Gasteiger partial charge < -0.3 is 24.8 Å². The van der Waals surface area contributed by atoms with E-state index in [4.69, 9.17) is 15.3 Å². The molecule has 0 aromatic heterocycles. The van der Waals surface area contributed by atoms with E-state index in [0.717, 1.165) is 26.4 Å². The van der Waals surface area contributed by atoms with Crippen LogP contribution in [0.15, 0.2) is 0 Å². The van der Waals surface area contributed by atoms with Crippen LogP contribution in [-0.2, 0) is 9.47 Å². The fourth-order valence-corrected chi connectivity index (χ4v) is 0.0577. The Morgan fingerprint density at radius 3 is 1.17 bits per heavy atom. The first-order valence-corrected chi connectivity index (χ1v) is 3.86. The van der Waals surface area contributed by atoms with Crippen LogP contribution in [0.4, 0.5) is 0 Å². The van der Waals surface area contributed by atoms with E-state index in [9.17, 15) is 0 Å². The van der Waals surface area contributed by atoms with Gasteiger partial charge >= 0.3 is 0 Å². The van der Waals surface area contributed by atoms with Crippen molar-refractivity contribution >= 4 is 0 Å². The Bertz CT molecular complexity index is 68.4. The van der Waals surface area contributed by atoms with Gasteiger partial charge in [-0.05, 0) is 0 Å². The third-order valence-corrected chi connectivity index (χ3v) is 0.830. The van der Waals surface area contributed by atoms with E-state index in [-0.39, 0.29) is 13.2 Å². The second-order valence-corrected chi connectivity index (χ2v) is 2.24. The summed E-state index contributed by atoms with van der Waals surface area (Å²) >= 11 is 0. The lowest BCUT2D eigenvalue weighted by atomic mass is 10.4. The van der Waals surface area contributed by atoms with E-state index in [1.807, 2.05) is 0 Å². The minimum absolute atomic E-state index is 0.365. The quantitative estimate of drug-likeness (QED) is 0.444. The van der Waals surface area contributed by atoms with Crippen molar-refractivity contribution in [3.8, 4) is 0 Å². The van der Waals surface area contributed by atoms with Gasteiger partial charge in [-0.1, -0.05) is 0 Å². The van der Waals surface area contributed by atoms with Gasteiger partial charge in [0.15, 0.2) is 0 Å². The molecule has 2 aliphatic heterocycles. The highest BCUT2D eigenvalue weighted by Crippen LogP contribution is 1.85. The third-order valence-electron chi connectivity index (χ3n) is 0.830. The van der Waals surface area contributed by atoms with Crippen molar-refractivity contribution in [2.24, 2.45) is 0 Å². The van der Waals surface area contributed by atoms with Gasteiger partial charge in [-0.2, -0.15) is 0 Å². The molecular formula is C7H16O5. The summed E-state index contributed by atoms with van der Waals surface area (Å²) in [5.41, 5.74) is 0. The molecule has 2 fully saturated rings. The van der Waals surface area contributed by atoms with Crippen LogP contribution in [0.3, 0.4) is 0 Å². The van der Waals surface area contributed by atoms with Crippen LogP contribution in [0, 0.1) is 0 Å². The zero-order chi connectivity index (χ0) is 9.23. The molecule has 0 unspecified atom stereocenters. The predicted octanol–water partition coefficient (Wildman–Crippen LogP) is -1.63. The molecule has 0 spiro atoms. The largest absolute Gasteiger partial charge is 0.394 e. The maximum Gasteiger partial charge on any atom is 0.100 e. The first-order valence-electron chi connectivity index (χ1n) is 3.86. The van der Waals surface area contributed by atoms with E-state index >= 15 is 0 Å². The molecule has 0 aromatic rings. The summed E-state index contributed by atoms with van der Waals surface area (Å²) in [6.07, 6.45) is -0.954. The zero-order valence-electron chi connectivity index (χ0n) is 6.98. The van der Waals surface area contributed by atoms with Gasteiger partial charge in [0.25, 0.3) is 0 Å². The number of aliphatic hydroxyl groups excluding tert-OH is 3.